The van der Waals surface area contributed by atoms with Gasteiger partial charge in [-0.3, -0.25) is 0 Å². The molecule has 1 aromatic rings. The van der Waals surface area contributed by atoms with Gasteiger partial charge >= 0.3 is 0 Å². The van der Waals surface area contributed by atoms with E-state index in [0.717, 1.165) is 12.0 Å². The molecule has 1 nitrogen and oxygen atoms in total. The van der Waals surface area contributed by atoms with E-state index in [1.165, 1.54) is 11.1 Å². The molecule has 0 saturated heterocycles. The fourth-order valence-corrected chi connectivity index (χ4v) is 2.48. The van der Waals surface area contributed by atoms with Gasteiger partial charge in [0.05, 0.1) is 0 Å². The molecule has 2 unspecified atom stereocenters. The normalized spacial score (nSPS) is 30.4. The van der Waals surface area contributed by atoms with E-state index < -0.39 is 5.06 Å². The summed E-state index contributed by atoms with van der Waals surface area (Å²) >= 11 is 6.49. The molecular weight excluding hydrogens is 196 g/mol. The number of hydrogen-bond acceptors (Lipinski definition) is 1. The van der Waals surface area contributed by atoms with Crippen LogP contribution in [-0.2, 0) is 16.2 Å². The summed E-state index contributed by atoms with van der Waals surface area (Å²) in [7, 11) is 1.68. The number of rotatable bonds is 1. The molecule has 2 atom stereocenters. The Kier molecular flexibility index (Phi) is 2.32. The van der Waals surface area contributed by atoms with Crippen molar-refractivity contribution < 1.29 is 4.74 Å². The minimum Gasteiger partial charge on any atom is -0.358 e. The highest BCUT2D eigenvalue weighted by atomic mass is 35.5. The van der Waals surface area contributed by atoms with Crippen molar-refractivity contribution in [3.8, 4) is 0 Å². The van der Waals surface area contributed by atoms with Crippen LogP contribution < -0.4 is 0 Å². The number of fused-ring (bicyclic) bond motifs is 1. The van der Waals surface area contributed by atoms with Crippen LogP contribution in [0.1, 0.15) is 23.6 Å². The second kappa shape index (κ2) is 3.25. The molecule has 0 aliphatic heterocycles. The molecule has 0 amide bonds. The largest absolute Gasteiger partial charge is 0.358 e. The third kappa shape index (κ3) is 1.27. The number of halogens is 1. The topological polar surface area (TPSA) is 9.23 Å². The molecule has 1 aliphatic carbocycles. The number of alkyl halides is 1. The Morgan fingerprint density at radius 1 is 1.50 bits per heavy atom. The Bertz CT molecular complexity index is 361. The average Bonchev–Trinajstić information content (AvgIpc) is 2.41. The van der Waals surface area contributed by atoms with E-state index in [2.05, 4.69) is 32.0 Å². The molecule has 1 aromatic carbocycles. The lowest BCUT2D eigenvalue weighted by Crippen LogP contribution is -2.25. The Morgan fingerprint density at radius 2 is 2.21 bits per heavy atom. The molecule has 0 aromatic heterocycles. The van der Waals surface area contributed by atoms with Gasteiger partial charge in [0, 0.05) is 18.6 Å². The predicted octanol–water partition coefficient (Wildman–Crippen LogP) is 3.23. The van der Waals surface area contributed by atoms with Gasteiger partial charge in [-0.2, -0.15) is 0 Å². The lowest BCUT2D eigenvalue weighted by atomic mass is 10.0. The highest BCUT2D eigenvalue weighted by Crippen LogP contribution is 2.47. The smallest absolute Gasteiger partial charge is 0.170 e. The Labute approximate surface area is 90.0 Å². The van der Waals surface area contributed by atoms with Crippen molar-refractivity contribution in [3.63, 3.8) is 0 Å². The van der Waals surface area contributed by atoms with Gasteiger partial charge in [-0.15, -0.1) is 0 Å². The first-order chi connectivity index (χ1) is 6.58. The van der Waals surface area contributed by atoms with Crippen LogP contribution in [0.4, 0.5) is 0 Å². The van der Waals surface area contributed by atoms with E-state index in [-0.39, 0.29) is 0 Å². The van der Waals surface area contributed by atoms with E-state index in [9.17, 15) is 0 Å². The van der Waals surface area contributed by atoms with Crippen LogP contribution in [0.15, 0.2) is 18.2 Å². The quantitative estimate of drug-likeness (QED) is 0.647. The van der Waals surface area contributed by atoms with Crippen LogP contribution >= 0.6 is 11.6 Å². The molecule has 76 valence electrons. The van der Waals surface area contributed by atoms with Crippen LogP contribution in [0.25, 0.3) is 0 Å². The van der Waals surface area contributed by atoms with Crippen molar-refractivity contribution >= 4 is 11.6 Å². The van der Waals surface area contributed by atoms with Crippen LogP contribution in [0.2, 0.25) is 0 Å². The fourth-order valence-electron chi connectivity index (χ4n) is 2.22. The van der Waals surface area contributed by atoms with E-state index in [1.54, 1.807) is 7.11 Å². The number of benzene rings is 1. The van der Waals surface area contributed by atoms with Crippen LogP contribution in [0.5, 0.6) is 0 Å². The standard InChI is InChI=1S/C12H15ClO/c1-8-4-5-10-7-9(2)12(13,14-3)11(10)6-8/h4-6,9H,7H2,1-3H3. The van der Waals surface area contributed by atoms with Crippen LogP contribution in [-0.4, -0.2) is 7.11 Å². The van der Waals surface area contributed by atoms with Gasteiger partial charge < -0.3 is 4.74 Å². The van der Waals surface area contributed by atoms with Gasteiger partial charge in [-0.1, -0.05) is 42.3 Å². The van der Waals surface area contributed by atoms with Gasteiger partial charge in [0.25, 0.3) is 0 Å². The first-order valence-electron chi connectivity index (χ1n) is 4.92. The minimum atomic E-state index is -0.610. The summed E-state index contributed by atoms with van der Waals surface area (Å²) < 4.78 is 5.46. The number of ether oxygens (including phenoxy) is 1. The summed E-state index contributed by atoms with van der Waals surface area (Å²) in [6, 6.07) is 6.42. The third-order valence-electron chi connectivity index (χ3n) is 3.09. The van der Waals surface area contributed by atoms with Crippen LogP contribution in [0.3, 0.4) is 0 Å². The molecular formula is C12H15ClO. The lowest BCUT2D eigenvalue weighted by Gasteiger charge is -2.26. The molecule has 0 bridgehead atoms. The predicted molar refractivity (Wildman–Crippen MR) is 58.6 cm³/mol. The van der Waals surface area contributed by atoms with Gasteiger partial charge in [-0.05, 0) is 18.9 Å². The molecule has 0 N–H and O–H groups in total. The monoisotopic (exact) mass is 210 g/mol. The number of hydrogen-bond donors (Lipinski definition) is 0. The first kappa shape index (κ1) is 10.0. The maximum absolute atomic E-state index is 6.49. The number of methoxy groups -OCH3 is 1. The first-order valence-corrected chi connectivity index (χ1v) is 5.30. The van der Waals surface area contributed by atoms with E-state index in [4.69, 9.17) is 16.3 Å². The molecule has 0 fully saturated rings. The number of aryl methyl sites for hydroxylation is 1. The van der Waals surface area contributed by atoms with Gasteiger partial charge in [0.15, 0.2) is 5.06 Å². The molecule has 2 heteroatoms. The summed E-state index contributed by atoms with van der Waals surface area (Å²) in [5.41, 5.74) is 3.70. The maximum Gasteiger partial charge on any atom is 0.170 e. The van der Waals surface area contributed by atoms with Crippen molar-refractivity contribution in [3.05, 3.63) is 34.9 Å². The summed E-state index contributed by atoms with van der Waals surface area (Å²) in [5, 5.41) is -0.610. The fraction of sp³-hybridized carbons (Fsp3) is 0.500. The summed E-state index contributed by atoms with van der Waals surface area (Å²) in [5.74, 6) is 0.339. The molecule has 0 heterocycles. The third-order valence-corrected chi connectivity index (χ3v) is 3.82. The minimum absolute atomic E-state index is 0.339. The van der Waals surface area contributed by atoms with Crippen molar-refractivity contribution in [2.24, 2.45) is 5.92 Å². The molecule has 0 saturated carbocycles. The molecule has 14 heavy (non-hydrogen) atoms. The van der Waals surface area contributed by atoms with E-state index in [1.807, 2.05) is 0 Å². The van der Waals surface area contributed by atoms with Crippen molar-refractivity contribution in [2.75, 3.05) is 7.11 Å². The molecule has 1 aliphatic rings. The maximum atomic E-state index is 6.49. The summed E-state index contributed by atoms with van der Waals surface area (Å²) in [4.78, 5) is 0. The van der Waals surface area contributed by atoms with Crippen molar-refractivity contribution in [1.82, 2.24) is 0 Å². The average molecular weight is 211 g/mol. The van der Waals surface area contributed by atoms with E-state index in [0.29, 0.717) is 5.92 Å². The van der Waals surface area contributed by atoms with Gasteiger partial charge in [-0.25, -0.2) is 0 Å². The SMILES string of the molecule is COC1(Cl)c2cc(C)ccc2CC1C. The zero-order chi connectivity index (χ0) is 10.3. The van der Waals surface area contributed by atoms with Crippen molar-refractivity contribution in [2.45, 2.75) is 25.3 Å². The molecule has 0 spiro atoms. The zero-order valence-electron chi connectivity index (χ0n) is 8.80. The Balaban J connectivity index is 2.55. The lowest BCUT2D eigenvalue weighted by molar-refractivity contribution is 0.0273. The zero-order valence-corrected chi connectivity index (χ0v) is 9.56. The second-order valence-corrected chi connectivity index (χ2v) is 4.68. The Hall–Kier alpha value is -0.530. The van der Waals surface area contributed by atoms with Gasteiger partial charge in [0.1, 0.15) is 0 Å². The molecule has 2 rings (SSSR count). The van der Waals surface area contributed by atoms with Crippen LogP contribution in [0, 0.1) is 12.8 Å². The van der Waals surface area contributed by atoms with E-state index >= 15 is 0 Å². The van der Waals surface area contributed by atoms with Gasteiger partial charge in [0.2, 0.25) is 0 Å². The van der Waals surface area contributed by atoms with Crippen molar-refractivity contribution in [1.29, 1.82) is 0 Å². The highest BCUT2D eigenvalue weighted by molar-refractivity contribution is 6.23. The summed E-state index contributed by atoms with van der Waals surface area (Å²) in [6.45, 7) is 4.21. The second-order valence-electron chi connectivity index (χ2n) is 4.11. The molecule has 0 radical (unpaired) electrons. The Morgan fingerprint density at radius 3 is 2.86 bits per heavy atom. The highest BCUT2D eigenvalue weighted by Gasteiger charge is 2.43. The summed E-state index contributed by atoms with van der Waals surface area (Å²) in [6.07, 6.45) is 1.01.